The van der Waals surface area contributed by atoms with Crippen LogP contribution in [0.2, 0.25) is 0 Å². The van der Waals surface area contributed by atoms with Crippen LogP contribution < -0.4 is 0 Å². The van der Waals surface area contributed by atoms with Crippen molar-refractivity contribution in [1.29, 1.82) is 0 Å². The maximum atomic E-state index is 7.35. The van der Waals surface area contributed by atoms with Crippen LogP contribution in [0.5, 0.6) is 5.75 Å². The van der Waals surface area contributed by atoms with Crippen molar-refractivity contribution in [2.24, 2.45) is 0 Å². The standard InChI is InChI=1S/C12H10O/c13-12-8-6-11(7-9-12)10-4-2-1-3-5-10/h1-9,13H/p+1. The van der Waals surface area contributed by atoms with Gasteiger partial charge in [0.05, 0.1) is 0 Å². The molecule has 0 aromatic heterocycles. The zero-order valence-electron chi connectivity index (χ0n) is 7.20. The number of benzene rings is 2. The lowest BCUT2D eigenvalue weighted by Crippen LogP contribution is -1.74. The van der Waals surface area contributed by atoms with Crippen molar-refractivity contribution in [2.75, 3.05) is 0 Å². The molecule has 2 rings (SSSR count). The predicted octanol–water partition coefficient (Wildman–Crippen LogP) is 2.79. The van der Waals surface area contributed by atoms with Gasteiger partial charge in [-0.3, -0.25) is 0 Å². The van der Waals surface area contributed by atoms with Crippen molar-refractivity contribution in [3.05, 3.63) is 54.6 Å². The van der Waals surface area contributed by atoms with Gasteiger partial charge in [0.25, 0.3) is 5.75 Å². The van der Waals surface area contributed by atoms with E-state index in [1.165, 1.54) is 5.56 Å². The van der Waals surface area contributed by atoms with Gasteiger partial charge >= 0.3 is 0 Å². The van der Waals surface area contributed by atoms with Crippen LogP contribution in [0.4, 0.5) is 0 Å². The zero-order chi connectivity index (χ0) is 9.10. The molecule has 2 aromatic rings. The van der Waals surface area contributed by atoms with Gasteiger partial charge in [0.15, 0.2) is 0 Å². The van der Waals surface area contributed by atoms with E-state index in [4.69, 9.17) is 5.11 Å². The second-order valence-corrected chi connectivity index (χ2v) is 2.94. The molecule has 0 aliphatic heterocycles. The quantitative estimate of drug-likeness (QED) is 0.589. The van der Waals surface area contributed by atoms with Crippen molar-refractivity contribution in [1.82, 2.24) is 0 Å². The van der Waals surface area contributed by atoms with Gasteiger partial charge in [0.2, 0.25) is 0 Å². The van der Waals surface area contributed by atoms with Crippen molar-refractivity contribution in [2.45, 2.75) is 0 Å². The lowest BCUT2D eigenvalue weighted by molar-refractivity contribution is 0.475. The van der Waals surface area contributed by atoms with Crippen LogP contribution in [-0.2, 0) is 0 Å². The van der Waals surface area contributed by atoms with Gasteiger partial charge in [-0.2, -0.15) is 0 Å². The Morgan fingerprint density at radius 1 is 0.615 bits per heavy atom. The maximum Gasteiger partial charge on any atom is 0.253 e. The van der Waals surface area contributed by atoms with E-state index in [0.717, 1.165) is 5.56 Å². The Balaban J connectivity index is 2.42. The van der Waals surface area contributed by atoms with Crippen LogP contribution in [-0.4, -0.2) is 5.11 Å². The van der Waals surface area contributed by atoms with E-state index in [2.05, 4.69) is 12.1 Å². The van der Waals surface area contributed by atoms with E-state index in [0.29, 0.717) is 5.75 Å². The Labute approximate surface area is 77.3 Å². The molecule has 13 heavy (non-hydrogen) atoms. The second-order valence-electron chi connectivity index (χ2n) is 2.94. The summed E-state index contributed by atoms with van der Waals surface area (Å²) >= 11 is 0. The molecule has 0 fully saturated rings. The molecule has 0 atom stereocenters. The van der Waals surface area contributed by atoms with Gasteiger partial charge in [0, 0.05) is 12.1 Å². The van der Waals surface area contributed by atoms with Crippen LogP contribution in [0, 0.1) is 0 Å². The first-order valence-corrected chi connectivity index (χ1v) is 4.23. The van der Waals surface area contributed by atoms with Crippen LogP contribution in [0.1, 0.15) is 0 Å². The van der Waals surface area contributed by atoms with Crippen molar-refractivity contribution in [3.63, 3.8) is 0 Å². The molecule has 2 N–H and O–H groups in total. The second kappa shape index (κ2) is 3.31. The fraction of sp³-hybridized carbons (Fsp3) is 0. The van der Waals surface area contributed by atoms with Crippen LogP contribution >= 0.6 is 0 Å². The molecule has 2 aromatic carbocycles. The highest BCUT2D eigenvalue weighted by Crippen LogP contribution is 2.20. The minimum Gasteiger partial charge on any atom is -0.593 e. The summed E-state index contributed by atoms with van der Waals surface area (Å²) in [7, 11) is 0. The van der Waals surface area contributed by atoms with Gasteiger partial charge < -0.3 is 5.11 Å². The third-order valence-electron chi connectivity index (χ3n) is 1.99. The molecule has 0 aliphatic rings. The average molecular weight is 171 g/mol. The fourth-order valence-electron chi connectivity index (χ4n) is 1.29. The fourth-order valence-corrected chi connectivity index (χ4v) is 1.29. The number of hydrogen-bond donors (Lipinski definition) is 0. The lowest BCUT2D eigenvalue weighted by atomic mass is 10.1. The highest BCUT2D eigenvalue weighted by molar-refractivity contribution is 5.63. The van der Waals surface area contributed by atoms with Gasteiger partial charge in [-0.25, -0.2) is 0 Å². The molecule has 0 heterocycles. The minimum absolute atomic E-state index is 0.555. The molecule has 0 bridgehead atoms. The molecule has 0 radical (unpaired) electrons. The van der Waals surface area contributed by atoms with Crippen molar-refractivity contribution < 1.29 is 5.11 Å². The Kier molecular flexibility index (Phi) is 2.01. The highest BCUT2D eigenvalue weighted by atomic mass is 16.3. The van der Waals surface area contributed by atoms with Crippen LogP contribution in [0.15, 0.2) is 54.6 Å². The van der Waals surface area contributed by atoms with Crippen LogP contribution in [0.25, 0.3) is 11.1 Å². The summed E-state index contributed by atoms with van der Waals surface area (Å²) in [6.45, 7) is 0. The first-order chi connectivity index (χ1) is 6.36. The maximum absolute atomic E-state index is 7.35. The molecule has 64 valence electrons. The molecule has 0 unspecified atom stereocenters. The molecule has 0 amide bonds. The van der Waals surface area contributed by atoms with Gasteiger partial charge in [0.1, 0.15) is 0 Å². The predicted molar refractivity (Wildman–Crippen MR) is 54.9 cm³/mol. The molecule has 0 spiro atoms. The monoisotopic (exact) mass is 171 g/mol. The molecular weight excluding hydrogens is 160 g/mol. The third kappa shape index (κ3) is 1.70. The summed E-state index contributed by atoms with van der Waals surface area (Å²) in [5.74, 6) is 0.555. The van der Waals surface area contributed by atoms with Crippen molar-refractivity contribution >= 4 is 0 Å². The van der Waals surface area contributed by atoms with Gasteiger partial charge in [-0.05, 0) is 23.3 Å². The third-order valence-corrected chi connectivity index (χ3v) is 1.99. The largest absolute Gasteiger partial charge is 0.593 e. The van der Waals surface area contributed by atoms with E-state index in [-0.39, 0.29) is 0 Å². The molecular formula is C12H11O+. The summed E-state index contributed by atoms with van der Waals surface area (Å²) in [6, 6.07) is 17.7. The van der Waals surface area contributed by atoms with Gasteiger partial charge in [-0.15, -0.1) is 0 Å². The van der Waals surface area contributed by atoms with E-state index in [9.17, 15) is 0 Å². The normalized spacial score (nSPS) is 9.85. The van der Waals surface area contributed by atoms with Crippen molar-refractivity contribution in [3.8, 4) is 16.9 Å². The topological polar surface area (TPSA) is 22.9 Å². The lowest BCUT2D eigenvalue weighted by Gasteiger charge is -1.99. The SMILES string of the molecule is [OH2+]c1ccc(-c2ccccc2)cc1. The first kappa shape index (κ1) is 7.87. The molecule has 1 heteroatoms. The van der Waals surface area contributed by atoms with Gasteiger partial charge in [-0.1, -0.05) is 30.3 Å². The zero-order valence-corrected chi connectivity index (χ0v) is 7.20. The summed E-state index contributed by atoms with van der Waals surface area (Å²) in [5, 5.41) is 7.35. The number of hydrogen-bond acceptors (Lipinski definition) is 0. The number of rotatable bonds is 1. The highest BCUT2D eigenvalue weighted by Gasteiger charge is 1.96. The Morgan fingerprint density at radius 2 is 1.15 bits per heavy atom. The summed E-state index contributed by atoms with van der Waals surface area (Å²) in [6.07, 6.45) is 0. The van der Waals surface area contributed by atoms with E-state index in [1.807, 2.05) is 42.5 Å². The minimum atomic E-state index is 0.555. The van der Waals surface area contributed by atoms with Crippen LogP contribution in [0.3, 0.4) is 0 Å². The summed E-state index contributed by atoms with van der Waals surface area (Å²) < 4.78 is 0. The summed E-state index contributed by atoms with van der Waals surface area (Å²) in [4.78, 5) is 0. The Morgan fingerprint density at radius 3 is 1.77 bits per heavy atom. The molecule has 0 saturated carbocycles. The average Bonchev–Trinajstić information content (AvgIpc) is 2.20. The first-order valence-electron chi connectivity index (χ1n) is 4.23. The summed E-state index contributed by atoms with van der Waals surface area (Å²) in [5.41, 5.74) is 2.36. The van der Waals surface area contributed by atoms with E-state index in [1.54, 1.807) is 0 Å². The Hall–Kier alpha value is -1.76. The van der Waals surface area contributed by atoms with E-state index < -0.39 is 0 Å². The molecule has 0 saturated heterocycles. The smallest absolute Gasteiger partial charge is 0.253 e. The van der Waals surface area contributed by atoms with E-state index >= 15 is 0 Å². The molecule has 1 nitrogen and oxygen atoms in total. The molecule has 0 aliphatic carbocycles. The Bertz CT molecular complexity index is 376.